The molecule has 2 unspecified atom stereocenters. The standard InChI is InChI=1S/C18H17F9O/c1-14(2,3)11-8-12(13(28)10-7-5-4-6-9(10)11)15(19,20)16(21,22)17(23,24)18(25,26)27/h4-7,11-12H,8H2,1-3H3. The van der Waals surface area contributed by atoms with Crippen LogP contribution in [0.2, 0.25) is 0 Å². The van der Waals surface area contributed by atoms with Crippen LogP contribution in [0.5, 0.6) is 0 Å². The fourth-order valence-corrected chi connectivity index (χ4v) is 3.42. The Bertz CT molecular complexity index is 759. The molecule has 10 heteroatoms. The summed E-state index contributed by atoms with van der Waals surface area (Å²) in [5, 5.41) is 0. The van der Waals surface area contributed by atoms with E-state index in [9.17, 15) is 44.3 Å². The molecular formula is C18H17F9O. The van der Waals surface area contributed by atoms with Gasteiger partial charge in [-0.1, -0.05) is 45.0 Å². The fourth-order valence-electron chi connectivity index (χ4n) is 3.42. The molecule has 1 aliphatic rings. The number of ketones is 1. The van der Waals surface area contributed by atoms with Crippen LogP contribution in [0.25, 0.3) is 0 Å². The first-order valence-electron chi connectivity index (χ1n) is 8.20. The molecule has 158 valence electrons. The van der Waals surface area contributed by atoms with Gasteiger partial charge in [-0.25, -0.2) is 0 Å². The Hall–Kier alpha value is -1.74. The Kier molecular flexibility index (Phi) is 5.14. The second kappa shape index (κ2) is 6.38. The Morgan fingerprint density at radius 1 is 0.786 bits per heavy atom. The molecule has 0 saturated heterocycles. The first kappa shape index (κ1) is 22.5. The third-order valence-electron chi connectivity index (χ3n) is 5.04. The van der Waals surface area contributed by atoms with Crippen LogP contribution in [0.1, 0.15) is 49.0 Å². The molecule has 0 N–H and O–H groups in total. The van der Waals surface area contributed by atoms with Crippen LogP contribution < -0.4 is 0 Å². The summed E-state index contributed by atoms with van der Waals surface area (Å²) in [5.41, 5.74) is -0.977. The van der Waals surface area contributed by atoms with Gasteiger partial charge in [0.05, 0.1) is 5.92 Å². The third kappa shape index (κ3) is 3.18. The van der Waals surface area contributed by atoms with Crippen LogP contribution >= 0.6 is 0 Å². The number of alkyl halides is 9. The van der Waals surface area contributed by atoms with E-state index >= 15 is 0 Å². The molecule has 1 aromatic carbocycles. The van der Waals surface area contributed by atoms with Crippen LogP contribution in [0.4, 0.5) is 39.5 Å². The molecule has 0 fully saturated rings. The highest BCUT2D eigenvalue weighted by atomic mass is 19.4. The molecule has 28 heavy (non-hydrogen) atoms. The summed E-state index contributed by atoms with van der Waals surface area (Å²) in [4.78, 5) is 12.4. The van der Waals surface area contributed by atoms with Crippen LogP contribution in [-0.2, 0) is 0 Å². The Morgan fingerprint density at radius 3 is 1.75 bits per heavy atom. The van der Waals surface area contributed by atoms with Crippen molar-refractivity contribution in [2.24, 2.45) is 11.3 Å². The van der Waals surface area contributed by atoms with E-state index in [0.29, 0.717) is 0 Å². The highest BCUT2D eigenvalue weighted by Crippen LogP contribution is 2.58. The highest BCUT2D eigenvalue weighted by molar-refractivity contribution is 6.01. The van der Waals surface area contributed by atoms with Crippen LogP contribution in [-0.4, -0.2) is 29.7 Å². The molecule has 0 heterocycles. The largest absolute Gasteiger partial charge is 0.460 e. The Morgan fingerprint density at radius 2 is 1.29 bits per heavy atom. The number of hydrogen-bond donors (Lipinski definition) is 0. The number of carbonyl (C=O) groups is 1. The molecule has 1 aliphatic carbocycles. The molecule has 0 aliphatic heterocycles. The lowest BCUT2D eigenvalue weighted by Crippen LogP contribution is -2.64. The van der Waals surface area contributed by atoms with E-state index in [2.05, 4.69) is 0 Å². The van der Waals surface area contributed by atoms with Crippen molar-refractivity contribution in [3.8, 4) is 0 Å². The summed E-state index contributed by atoms with van der Waals surface area (Å²) in [7, 11) is 0. The van der Waals surface area contributed by atoms with Crippen molar-refractivity contribution in [3.63, 3.8) is 0 Å². The lowest BCUT2D eigenvalue weighted by atomic mass is 9.64. The van der Waals surface area contributed by atoms with E-state index in [1.807, 2.05) is 0 Å². The molecule has 2 rings (SSSR count). The lowest BCUT2D eigenvalue weighted by molar-refractivity contribution is -0.401. The van der Waals surface area contributed by atoms with E-state index in [1.165, 1.54) is 18.2 Å². The molecule has 1 nitrogen and oxygen atoms in total. The second-order valence-electron chi connectivity index (χ2n) is 7.93. The average molecular weight is 420 g/mol. The van der Waals surface area contributed by atoms with Gasteiger partial charge in [-0.2, -0.15) is 39.5 Å². The Balaban J connectivity index is 2.62. The van der Waals surface area contributed by atoms with Gasteiger partial charge in [0.1, 0.15) is 0 Å². The quantitative estimate of drug-likeness (QED) is 0.511. The highest BCUT2D eigenvalue weighted by Gasteiger charge is 2.83. The zero-order valence-corrected chi connectivity index (χ0v) is 15.0. The fraction of sp³-hybridized carbons (Fsp3) is 0.611. The summed E-state index contributed by atoms with van der Waals surface area (Å²) >= 11 is 0. The SMILES string of the molecule is CC(C)(C)C1CC(C(F)(F)C(F)(F)C(F)(F)C(F)(F)F)C(=O)c2ccccc21. The first-order chi connectivity index (χ1) is 12.4. The summed E-state index contributed by atoms with van der Waals surface area (Å²) in [6.07, 6.45) is -7.91. The lowest BCUT2D eigenvalue weighted by Gasteiger charge is -2.43. The van der Waals surface area contributed by atoms with Crippen LogP contribution in [0, 0.1) is 11.3 Å². The van der Waals surface area contributed by atoms with Gasteiger partial charge in [0.2, 0.25) is 0 Å². The minimum Gasteiger partial charge on any atom is -0.294 e. The zero-order chi connectivity index (χ0) is 21.9. The van der Waals surface area contributed by atoms with E-state index < -0.39 is 53.4 Å². The van der Waals surface area contributed by atoms with Crippen LogP contribution in [0.15, 0.2) is 24.3 Å². The predicted octanol–water partition coefficient (Wildman–Crippen LogP) is 6.49. The first-order valence-corrected chi connectivity index (χ1v) is 8.20. The summed E-state index contributed by atoms with van der Waals surface area (Å²) in [5.74, 6) is -25.3. The zero-order valence-electron chi connectivity index (χ0n) is 15.0. The molecule has 0 saturated carbocycles. The van der Waals surface area contributed by atoms with Gasteiger partial charge in [-0.15, -0.1) is 0 Å². The third-order valence-corrected chi connectivity index (χ3v) is 5.04. The number of fused-ring (bicyclic) bond motifs is 1. The van der Waals surface area contributed by atoms with E-state index in [-0.39, 0.29) is 11.1 Å². The number of Topliss-reactive ketones (excluding diaryl/α,β-unsaturated/α-hetero) is 1. The number of carbonyl (C=O) groups excluding carboxylic acids is 1. The van der Waals surface area contributed by atoms with Crippen molar-refractivity contribution in [2.75, 3.05) is 0 Å². The summed E-state index contributed by atoms with van der Waals surface area (Å²) in [6.45, 7) is 4.67. The maximum Gasteiger partial charge on any atom is 0.460 e. The number of benzene rings is 1. The van der Waals surface area contributed by atoms with Gasteiger partial charge in [-0.3, -0.25) is 4.79 Å². The monoisotopic (exact) mass is 420 g/mol. The van der Waals surface area contributed by atoms with Gasteiger partial charge in [0, 0.05) is 5.56 Å². The van der Waals surface area contributed by atoms with Crippen molar-refractivity contribution in [1.82, 2.24) is 0 Å². The summed E-state index contributed by atoms with van der Waals surface area (Å²) < 4.78 is 120. The van der Waals surface area contributed by atoms with Gasteiger partial charge in [-0.05, 0) is 23.3 Å². The Labute approximate surface area is 154 Å². The molecule has 0 amide bonds. The normalized spacial score (nSPS) is 22.2. The van der Waals surface area contributed by atoms with E-state index in [4.69, 9.17) is 0 Å². The van der Waals surface area contributed by atoms with E-state index in [0.717, 1.165) is 6.07 Å². The van der Waals surface area contributed by atoms with Crippen molar-refractivity contribution < 1.29 is 44.3 Å². The molecule has 0 radical (unpaired) electrons. The maximum absolute atomic E-state index is 14.5. The average Bonchev–Trinajstić information content (AvgIpc) is 2.52. The second-order valence-corrected chi connectivity index (χ2v) is 7.93. The number of rotatable bonds is 3. The molecule has 0 aromatic heterocycles. The number of hydrogen-bond acceptors (Lipinski definition) is 1. The number of halogens is 9. The topological polar surface area (TPSA) is 17.1 Å². The van der Waals surface area contributed by atoms with Crippen molar-refractivity contribution in [1.29, 1.82) is 0 Å². The smallest absolute Gasteiger partial charge is 0.294 e. The molecule has 0 bridgehead atoms. The maximum atomic E-state index is 14.5. The van der Waals surface area contributed by atoms with Gasteiger partial charge in [0.25, 0.3) is 0 Å². The van der Waals surface area contributed by atoms with E-state index in [1.54, 1.807) is 20.8 Å². The van der Waals surface area contributed by atoms with Gasteiger partial charge >= 0.3 is 23.9 Å². The summed E-state index contributed by atoms with van der Waals surface area (Å²) in [6, 6.07) is 5.23. The van der Waals surface area contributed by atoms with Gasteiger partial charge < -0.3 is 0 Å². The van der Waals surface area contributed by atoms with Crippen molar-refractivity contribution >= 4 is 5.78 Å². The minimum atomic E-state index is -7.02. The molecule has 2 atom stereocenters. The van der Waals surface area contributed by atoms with Crippen molar-refractivity contribution in [3.05, 3.63) is 35.4 Å². The minimum absolute atomic E-state index is 0.262. The molecular weight excluding hydrogens is 403 g/mol. The van der Waals surface area contributed by atoms with Gasteiger partial charge in [0.15, 0.2) is 5.78 Å². The predicted molar refractivity (Wildman–Crippen MR) is 82.0 cm³/mol. The van der Waals surface area contributed by atoms with Crippen molar-refractivity contribution in [2.45, 2.75) is 57.1 Å². The van der Waals surface area contributed by atoms with Crippen LogP contribution in [0.3, 0.4) is 0 Å². The molecule has 1 aromatic rings. The molecule has 0 spiro atoms.